The van der Waals surface area contributed by atoms with Crippen molar-refractivity contribution in [3.05, 3.63) is 29.3 Å². The summed E-state index contributed by atoms with van der Waals surface area (Å²) in [4.78, 5) is 13.5. The highest BCUT2D eigenvalue weighted by molar-refractivity contribution is 7.92. The van der Waals surface area contributed by atoms with Gasteiger partial charge in [-0.05, 0) is 37.1 Å². The second kappa shape index (κ2) is 5.44. The smallest absolute Gasteiger partial charge is 0.321 e. The van der Waals surface area contributed by atoms with Crippen LogP contribution in [0.4, 0.5) is 10.5 Å². The maximum Gasteiger partial charge on any atom is 0.321 e. The van der Waals surface area contributed by atoms with Gasteiger partial charge in [0.1, 0.15) is 0 Å². The normalized spacial score (nSPS) is 15.8. The van der Waals surface area contributed by atoms with Crippen LogP contribution in [0.2, 0.25) is 0 Å². The largest absolute Gasteiger partial charge is 0.322 e. The van der Waals surface area contributed by atoms with E-state index in [0.29, 0.717) is 0 Å². The highest BCUT2D eigenvalue weighted by atomic mass is 32.2. The number of hydrogen-bond acceptors (Lipinski definition) is 3. The molecule has 1 aliphatic heterocycles. The van der Waals surface area contributed by atoms with Gasteiger partial charge in [0, 0.05) is 24.5 Å². The number of nitrogens with one attached hydrogen (secondary N) is 1. The van der Waals surface area contributed by atoms with Crippen molar-refractivity contribution >= 4 is 21.6 Å². The summed E-state index contributed by atoms with van der Waals surface area (Å²) in [6, 6.07) is 5.47. The molecule has 0 bridgehead atoms. The van der Waals surface area contributed by atoms with Gasteiger partial charge in [-0.25, -0.2) is 13.2 Å². The van der Waals surface area contributed by atoms with Gasteiger partial charge in [0.05, 0.1) is 5.25 Å². The van der Waals surface area contributed by atoms with Gasteiger partial charge in [0.15, 0.2) is 9.84 Å². The monoisotopic (exact) mass is 296 g/mol. The van der Waals surface area contributed by atoms with Crippen LogP contribution in [0.5, 0.6) is 0 Å². The molecule has 0 radical (unpaired) electrons. The van der Waals surface area contributed by atoms with E-state index in [-0.39, 0.29) is 24.9 Å². The van der Waals surface area contributed by atoms with Crippen LogP contribution in [0.15, 0.2) is 18.2 Å². The molecule has 1 N–H and O–H groups in total. The van der Waals surface area contributed by atoms with Crippen molar-refractivity contribution in [1.29, 1.82) is 0 Å². The number of likely N-dealkylation sites (tertiary alicyclic amines) is 1. The molecule has 0 aliphatic carbocycles. The summed E-state index contributed by atoms with van der Waals surface area (Å²) >= 11 is 0. The number of urea groups is 1. The molecule has 2 amide bonds. The van der Waals surface area contributed by atoms with Crippen LogP contribution in [0, 0.1) is 13.8 Å². The Morgan fingerprint density at radius 1 is 1.30 bits per heavy atom. The van der Waals surface area contributed by atoms with Crippen LogP contribution in [-0.4, -0.2) is 43.4 Å². The van der Waals surface area contributed by atoms with Gasteiger partial charge in [0.25, 0.3) is 0 Å². The summed E-state index contributed by atoms with van der Waals surface area (Å²) in [6.07, 6.45) is 0. The number of amides is 2. The molecule has 1 heterocycles. The van der Waals surface area contributed by atoms with Gasteiger partial charge >= 0.3 is 6.03 Å². The molecule has 0 unspecified atom stereocenters. The maximum absolute atomic E-state index is 12.0. The van der Waals surface area contributed by atoms with Crippen LogP contribution < -0.4 is 5.32 Å². The van der Waals surface area contributed by atoms with Crippen molar-refractivity contribution in [1.82, 2.24) is 4.90 Å². The number of carbonyl (C=O) groups is 1. The van der Waals surface area contributed by atoms with Crippen molar-refractivity contribution < 1.29 is 13.2 Å². The average molecular weight is 296 g/mol. The molecule has 0 atom stereocenters. The molecule has 110 valence electrons. The van der Waals surface area contributed by atoms with Gasteiger partial charge < -0.3 is 10.2 Å². The Labute approximate surface area is 119 Å². The number of anilines is 1. The van der Waals surface area contributed by atoms with E-state index in [0.717, 1.165) is 11.3 Å². The summed E-state index contributed by atoms with van der Waals surface area (Å²) in [5.41, 5.74) is 3.01. The van der Waals surface area contributed by atoms with Gasteiger partial charge in [-0.2, -0.15) is 0 Å². The minimum atomic E-state index is -3.03. The van der Waals surface area contributed by atoms with E-state index in [1.807, 2.05) is 32.0 Å². The highest BCUT2D eigenvalue weighted by Crippen LogP contribution is 2.20. The van der Waals surface area contributed by atoms with E-state index < -0.39 is 15.1 Å². The van der Waals surface area contributed by atoms with Gasteiger partial charge in [-0.1, -0.05) is 13.0 Å². The molecule has 6 heteroatoms. The lowest BCUT2D eigenvalue weighted by Crippen LogP contribution is -2.58. The molecule has 2 rings (SSSR count). The van der Waals surface area contributed by atoms with Gasteiger partial charge in [-0.15, -0.1) is 0 Å². The van der Waals surface area contributed by atoms with Crippen molar-refractivity contribution in [2.75, 3.05) is 24.2 Å². The number of aryl methyl sites for hydroxylation is 2. The second-order valence-electron chi connectivity index (χ2n) is 5.21. The minimum absolute atomic E-state index is 0.129. The fourth-order valence-electron chi connectivity index (χ4n) is 2.09. The Hall–Kier alpha value is -1.56. The Morgan fingerprint density at radius 3 is 2.50 bits per heavy atom. The predicted octanol–water partition coefficient (Wildman–Crippen LogP) is 1.95. The summed E-state index contributed by atoms with van der Waals surface area (Å²) < 4.78 is 23.3. The zero-order chi connectivity index (χ0) is 14.9. The van der Waals surface area contributed by atoms with Crippen LogP contribution in [0.1, 0.15) is 18.1 Å². The number of benzene rings is 1. The average Bonchev–Trinajstić information content (AvgIpc) is 2.31. The van der Waals surface area contributed by atoms with E-state index in [4.69, 9.17) is 0 Å². The highest BCUT2D eigenvalue weighted by Gasteiger charge is 2.38. The lowest BCUT2D eigenvalue weighted by molar-refractivity contribution is 0.182. The molecule has 1 aromatic rings. The van der Waals surface area contributed by atoms with E-state index in [1.165, 1.54) is 10.5 Å². The van der Waals surface area contributed by atoms with Crippen molar-refractivity contribution in [2.45, 2.75) is 26.0 Å². The van der Waals surface area contributed by atoms with E-state index in [2.05, 4.69) is 5.32 Å². The fraction of sp³-hybridized carbons (Fsp3) is 0.500. The first-order valence-electron chi connectivity index (χ1n) is 6.68. The first kappa shape index (κ1) is 14.8. The molecule has 0 saturated carbocycles. The third kappa shape index (κ3) is 2.95. The summed E-state index contributed by atoms with van der Waals surface area (Å²) in [5.74, 6) is 0.129. The van der Waals surface area contributed by atoms with Crippen molar-refractivity contribution in [3.8, 4) is 0 Å². The number of sulfone groups is 1. The van der Waals surface area contributed by atoms with Crippen molar-refractivity contribution in [3.63, 3.8) is 0 Å². The Morgan fingerprint density at radius 2 is 1.95 bits per heavy atom. The second-order valence-corrected chi connectivity index (χ2v) is 7.78. The molecule has 1 aliphatic rings. The SMILES string of the molecule is CCS(=O)(=O)C1CN(C(=O)Nc2ccc(C)c(C)c2)C1. The zero-order valence-corrected chi connectivity index (χ0v) is 12.8. The van der Waals surface area contributed by atoms with E-state index in [1.54, 1.807) is 6.92 Å². The van der Waals surface area contributed by atoms with Crippen LogP contribution in [0.25, 0.3) is 0 Å². The van der Waals surface area contributed by atoms with Crippen molar-refractivity contribution in [2.24, 2.45) is 0 Å². The molecular weight excluding hydrogens is 276 g/mol. The first-order valence-corrected chi connectivity index (χ1v) is 8.39. The molecule has 0 spiro atoms. The minimum Gasteiger partial charge on any atom is -0.322 e. The third-order valence-electron chi connectivity index (χ3n) is 3.80. The Bertz CT molecular complexity index is 619. The Kier molecular flexibility index (Phi) is 4.04. The van der Waals surface area contributed by atoms with Crippen LogP contribution in [-0.2, 0) is 9.84 Å². The van der Waals surface area contributed by atoms with Gasteiger partial charge in [0.2, 0.25) is 0 Å². The number of carbonyl (C=O) groups excluding carboxylic acids is 1. The van der Waals surface area contributed by atoms with E-state index >= 15 is 0 Å². The maximum atomic E-state index is 12.0. The number of hydrogen-bond donors (Lipinski definition) is 1. The summed E-state index contributed by atoms with van der Waals surface area (Å²) in [6.45, 7) is 6.20. The van der Waals surface area contributed by atoms with Gasteiger partial charge in [-0.3, -0.25) is 0 Å². The molecule has 1 aromatic carbocycles. The molecule has 20 heavy (non-hydrogen) atoms. The third-order valence-corrected chi connectivity index (χ3v) is 5.92. The lowest BCUT2D eigenvalue weighted by atomic mass is 10.1. The van der Waals surface area contributed by atoms with Crippen LogP contribution in [0.3, 0.4) is 0 Å². The first-order chi connectivity index (χ1) is 9.33. The summed E-state index contributed by atoms with van der Waals surface area (Å²) in [7, 11) is -3.03. The molecule has 1 saturated heterocycles. The summed E-state index contributed by atoms with van der Waals surface area (Å²) in [5, 5.41) is 2.39. The Balaban J connectivity index is 1.93. The lowest BCUT2D eigenvalue weighted by Gasteiger charge is -2.38. The molecule has 0 aromatic heterocycles. The predicted molar refractivity (Wildman–Crippen MR) is 79.8 cm³/mol. The van der Waals surface area contributed by atoms with Crippen LogP contribution >= 0.6 is 0 Å². The molecule has 5 nitrogen and oxygen atoms in total. The number of nitrogens with zero attached hydrogens (tertiary/aromatic N) is 1. The molecule has 1 fully saturated rings. The standard InChI is InChI=1S/C14H20N2O3S/c1-4-20(18,19)13-8-16(9-13)14(17)15-12-6-5-10(2)11(3)7-12/h5-7,13H,4,8-9H2,1-3H3,(H,15,17). The quantitative estimate of drug-likeness (QED) is 0.927. The van der Waals surface area contributed by atoms with E-state index in [9.17, 15) is 13.2 Å². The fourth-order valence-corrected chi connectivity index (χ4v) is 3.37. The molecular formula is C14H20N2O3S. The topological polar surface area (TPSA) is 66.5 Å². The zero-order valence-electron chi connectivity index (χ0n) is 12.0. The number of rotatable bonds is 3.